The van der Waals surface area contributed by atoms with Gasteiger partial charge in [-0.1, -0.05) is 54.1 Å². The Balaban J connectivity index is 1.45. The molecule has 3 amide bonds. The number of anilines is 1. The van der Waals surface area contributed by atoms with Crippen molar-refractivity contribution < 1.29 is 19.1 Å². The average Bonchev–Trinajstić information content (AvgIpc) is 3.12. The molecule has 0 radical (unpaired) electrons. The molecule has 8 heteroatoms. The first-order chi connectivity index (χ1) is 16.9. The minimum absolute atomic E-state index is 0.0169. The molecular formula is C27H21N3O4S. The van der Waals surface area contributed by atoms with Gasteiger partial charge in [-0.05, 0) is 54.6 Å². The van der Waals surface area contributed by atoms with Crippen molar-refractivity contribution in [3.05, 3.63) is 100.0 Å². The number of carbonyl (C=O) groups excluding carboxylic acids is 3. The zero-order valence-electron chi connectivity index (χ0n) is 18.9. The average molecular weight is 484 g/mol. The summed E-state index contributed by atoms with van der Waals surface area (Å²) in [6, 6.07) is 23.3. The summed E-state index contributed by atoms with van der Waals surface area (Å²) in [7, 11) is 0. The van der Waals surface area contributed by atoms with Gasteiger partial charge in [-0.2, -0.15) is 5.26 Å². The van der Waals surface area contributed by atoms with Crippen LogP contribution in [0.3, 0.4) is 0 Å². The lowest BCUT2D eigenvalue weighted by molar-refractivity contribution is -0.123. The number of aryl methyl sites for hydroxylation is 1. The number of imide groups is 1. The van der Waals surface area contributed by atoms with E-state index in [4.69, 9.17) is 4.74 Å². The van der Waals surface area contributed by atoms with E-state index < -0.39 is 11.1 Å². The number of benzene rings is 3. The number of amides is 3. The molecule has 0 aliphatic carbocycles. The number of rotatable bonds is 7. The quantitative estimate of drug-likeness (QED) is 0.468. The molecule has 1 heterocycles. The number of nitrogens with zero attached hydrogens (tertiary/aromatic N) is 2. The third-order valence-corrected chi connectivity index (χ3v) is 6.15. The van der Waals surface area contributed by atoms with Crippen molar-refractivity contribution in [2.45, 2.75) is 13.5 Å². The molecule has 0 atom stereocenters. The highest BCUT2D eigenvalue weighted by Crippen LogP contribution is 2.35. The van der Waals surface area contributed by atoms with Gasteiger partial charge in [-0.15, -0.1) is 0 Å². The van der Waals surface area contributed by atoms with Crippen molar-refractivity contribution in [2.24, 2.45) is 0 Å². The van der Waals surface area contributed by atoms with Gasteiger partial charge in [-0.25, -0.2) is 0 Å². The smallest absolute Gasteiger partial charge is 0.293 e. The topological polar surface area (TPSA) is 99.5 Å². The van der Waals surface area contributed by atoms with E-state index in [0.717, 1.165) is 22.2 Å². The highest BCUT2D eigenvalue weighted by atomic mass is 32.2. The molecule has 0 bridgehead atoms. The molecule has 4 rings (SSSR count). The van der Waals surface area contributed by atoms with Gasteiger partial charge < -0.3 is 10.1 Å². The van der Waals surface area contributed by atoms with Crippen molar-refractivity contribution in [1.82, 2.24) is 4.90 Å². The van der Waals surface area contributed by atoms with Crippen LogP contribution in [-0.4, -0.2) is 28.6 Å². The fourth-order valence-corrected chi connectivity index (χ4v) is 4.25. The number of para-hydroxylation sites is 1. The van der Waals surface area contributed by atoms with Crippen LogP contribution in [0.1, 0.15) is 22.3 Å². The Morgan fingerprint density at radius 2 is 1.77 bits per heavy atom. The molecule has 0 aromatic heterocycles. The largest absolute Gasteiger partial charge is 0.483 e. The second-order valence-corrected chi connectivity index (χ2v) is 8.77. The molecule has 3 aromatic rings. The van der Waals surface area contributed by atoms with Gasteiger partial charge in [-0.3, -0.25) is 19.3 Å². The van der Waals surface area contributed by atoms with Crippen LogP contribution in [0.5, 0.6) is 5.75 Å². The molecular weight excluding hydrogens is 462 g/mol. The highest BCUT2D eigenvalue weighted by molar-refractivity contribution is 8.18. The fourth-order valence-electron chi connectivity index (χ4n) is 3.42. The number of thioether (sulfide) groups is 1. The number of hydrogen-bond acceptors (Lipinski definition) is 6. The van der Waals surface area contributed by atoms with E-state index in [0.29, 0.717) is 28.1 Å². The Bertz CT molecular complexity index is 1360. The van der Waals surface area contributed by atoms with Gasteiger partial charge in [0, 0.05) is 11.3 Å². The monoisotopic (exact) mass is 483 g/mol. The van der Waals surface area contributed by atoms with E-state index in [1.54, 1.807) is 54.6 Å². The van der Waals surface area contributed by atoms with Crippen molar-refractivity contribution in [2.75, 3.05) is 11.9 Å². The third-order valence-electron chi connectivity index (χ3n) is 5.24. The predicted octanol–water partition coefficient (Wildman–Crippen LogP) is 5.12. The molecule has 0 spiro atoms. The van der Waals surface area contributed by atoms with E-state index in [2.05, 4.69) is 11.4 Å². The van der Waals surface area contributed by atoms with Crippen molar-refractivity contribution in [3.8, 4) is 11.8 Å². The lowest BCUT2D eigenvalue weighted by atomic mass is 10.1. The van der Waals surface area contributed by atoms with Gasteiger partial charge in [0.05, 0.1) is 23.1 Å². The minimum atomic E-state index is -0.445. The van der Waals surface area contributed by atoms with E-state index in [-0.39, 0.29) is 24.0 Å². The highest BCUT2D eigenvalue weighted by Gasteiger charge is 2.35. The summed E-state index contributed by atoms with van der Waals surface area (Å²) in [6.07, 6.45) is 1.58. The van der Waals surface area contributed by atoms with Crippen LogP contribution in [0.4, 0.5) is 10.5 Å². The number of nitrogens with one attached hydrogen (secondary N) is 1. The summed E-state index contributed by atoms with van der Waals surface area (Å²) in [5.74, 6) is -0.354. The molecule has 0 saturated carbocycles. The predicted molar refractivity (Wildman–Crippen MR) is 134 cm³/mol. The Morgan fingerprint density at radius 3 is 2.54 bits per heavy atom. The van der Waals surface area contributed by atoms with Crippen LogP contribution in [-0.2, 0) is 16.1 Å². The first-order valence-corrected chi connectivity index (χ1v) is 11.6. The number of ether oxygens (including phenoxy) is 1. The molecule has 1 saturated heterocycles. The Morgan fingerprint density at radius 1 is 1.06 bits per heavy atom. The second-order valence-electron chi connectivity index (χ2n) is 7.78. The fraction of sp³-hybridized carbons (Fsp3) is 0.111. The summed E-state index contributed by atoms with van der Waals surface area (Å²) in [6.45, 7) is 1.76. The van der Waals surface area contributed by atoms with Crippen LogP contribution in [0.25, 0.3) is 6.08 Å². The first-order valence-electron chi connectivity index (χ1n) is 10.8. The van der Waals surface area contributed by atoms with Crippen molar-refractivity contribution >= 4 is 40.6 Å². The van der Waals surface area contributed by atoms with Gasteiger partial charge in [0.15, 0.2) is 6.61 Å². The van der Waals surface area contributed by atoms with Crippen LogP contribution >= 0.6 is 11.8 Å². The van der Waals surface area contributed by atoms with Gasteiger partial charge >= 0.3 is 0 Å². The van der Waals surface area contributed by atoms with Crippen LogP contribution < -0.4 is 10.1 Å². The number of hydrogen-bond donors (Lipinski definition) is 1. The Hall–Kier alpha value is -4.35. The van der Waals surface area contributed by atoms with Gasteiger partial charge in [0.1, 0.15) is 5.75 Å². The lowest BCUT2D eigenvalue weighted by Crippen LogP contribution is -2.27. The number of carbonyl (C=O) groups is 3. The zero-order chi connectivity index (χ0) is 24.8. The van der Waals surface area contributed by atoms with Crippen LogP contribution in [0.2, 0.25) is 0 Å². The molecule has 1 aliphatic rings. The molecule has 3 aromatic carbocycles. The number of nitriles is 1. The SMILES string of the molecule is Cc1ccc(NC(=O)COc2ccccc2/C=C2/SC(=O)N(Cc3ccccc3C#N)C2=O)cc1. The first kappa shape index (κ1) is 23.8. The van der Waals surface area contributed by atoms with E-state index >= 15 is 0 Å². The maximum absolute atomic E-state index is 13.0. The third kappa shape index (κ3) is 5.78. The zero-order valence-corrected chi connectivity index (χ0v) is 19.7. The van der Waals surface area contributed by atoms with E-state index in [1.165, 1.54) is 0 Å². The van der Waals surface area contributed by atoms with E-state index in [1.807, 2.05) is 31.2 Å². The van der Waals surface area contributed by atoms with E-state index in [9.17, 15) is 19.6 Å². The molecule has 1 aliphatic heterocycles. The molecule has 1 N–H and O–H groups in total. The summed E-state index contributed by atoms with van der Waals surface area (Å²) in [5, 5.41) is 11.6. The Kier molecular flexibility index (Phi) is 7.29. The minimum Gasteiger partial charge on any atom is -0.483 e. The molecule has 1 fully saturated rings. The standard InChI is InChI=1S/C27H21N3O4S/c1-18-10-12-22(13-11-18)29-25(31)17-34-23-9-5-4-6-19(23)14-24-26(32)30(27(33)35-24)16-21-8-3-2-7-20(21)15-28/h2-14H,16-17H2,1H3,(H,29,31)/b24-14+. The van der Waals surface area contributed by atoms with Crippen molar-refractivity contribution in [3.63, 3.8) is 0 Å². The summed E-state index contributed by atoms with van der Waals surface area (Å²) >= 11 is 0.826. The van der Waals surface area contributed by atoms with Crippen LogP contribution in [0, 0.1) is 18.3 Å². The normalized spacial score (nSPS) is 14.2. The summed E-state index contributed by atoms with van der Waals surface area (Å²) in [5.41, 5.74) is 3.34. The second kappa shape index (κ2) is 10.7. The summed E-state index contributed by atoms with van der Waals surface area (Å²) in [4.78, 5) is 39.2. The van der Waals surface area contributed by atoms with Gasteiger partial charge in [0.2, 0.25) is 0 Å². The lowest BCUT2D eigenvalue weighted by Gasteiger charge is -2.13. The van der Waals surface area contributed by atoms with Gasteiger partial charge in [0.25, 0.3) is 17.1 Å². The maximum Gasteiger partial charge on any atom is 0.293 e. The summed E-state index contributed by atoms with van der Waals surface area (Å²) < 4.78 is 5.71. The molecule has 0 unspecified atom stereocenters. The molecule has 7 nitrogen and oxygen atoms in total. The molecule has 35 heavy (non-hydrogen) atoms. The molecule has 174 valence electrons. The van der Waals surface area contributed by atoms with Crippen molar-refractivity contribution in [1.29, 1.82) is 5.26 Å². The van der Waals surface area contributed by atoms with Crippen LogP contribution in [0.15, 0.2) is 77.7 Å². The Labute approximate surface area is 207 Å². The maximum atomic E-state index is 13.0.